The molecule has 7 nitrogen and oxygen atoms in total. The summed E-state index contributed by atoms with van der Waals surface area (Å²) in [6.45, 7) is 9.26. The topological polar surface area (TPSA) is 89.4 Å². The first kappa shape index (κ1) is 17.3. The molecule has 7 heteroatoms. The lowest BCUT2D eigenvalue weighted by molar-refractivity contribution is -0.131. The van der Waals surface area contributed by atoms with Crippen molar-refractivity contribution in [3.05, 3.63) is 23.3 Å². The van der Waals surface area contributed by atoms with Gasteiger partial charge in [0.25, 0.3) is 5.78 Å². The molecule has 2 rings (SSSR count). The van der Waals surface area contributed by atoms with Crippen LogP contribution in [0.4, 0.5) is 0 Å². The molecule has 2 heterocycles. The molecule has 0 saturated heterocycles. The minimum Gasteiger partial charge on any atom is -0.345 e. The minimum atomic E-state index is -0.0720. The molecule has 0 aromatic carbocycles. The second-order valence-electron chi connectivity index (χ2n) is 6.85. The maximum atomic E-state index is 12.4. The van der Waals surface area contributed by atoms with Gasteiger partial charge in [-0.25, -0.2) is 9.50 Å². The summed E-state index contributed by atoms with van der Waals surface area (Å²) in [5.74, 6) is 0.709. The molecule has 23 heavy (non-hydrogen) atoms. The monoisotopic (exact) mass is 318 g/mol. The highest BCUT2D eigenvalue weighted by molar-refractivity contribution is 5.76. The van der Waals surface area contributed by atoms with Gasteiger partial charge >= 0.3 is 0 Å². The quantitative estimate of drug-likeness (QED) is 0.862. The zero-order chi connectivity index (χ0) is 17.2. The van der Waals surface area contributed by atoms with Crippen molar-refractivity contribution < 1.29 is 4.79 Å². The summed E-state index contributed by atoms with van der Waals surface area (Å²) in [5.41, 5.74) is 8.62. The van der Waals surface area contributed by atoms with E-state index in [2.05, 4.69) is 28.9 Å². The van der Waals surface area contributed by atoms with Crippen LogP contribution in [0, 0.1) is 19.3 Å². The Morgan fingerprint density at radius 2 is 2.09 bits per heavy atom. The molecule has 0 aliphatic rings. The smallest absolute Gasteiger partial charge is 0.252 e. The van der Waals surface area contributed by atoms with Gasteiger partial charge in [-0.15, -0.1) is 0 Å². The van der Waals surface area contributed by atoms with Crippen LogP contribution < -0.4 is 5.73 Å². The molecule has 0 aliphatic heterocycles. The third kappa shape index (κ3) is 3.85. The van der Waals surface area contributed by atoms with E-state index in [1.165, 1.54) is 6.33 Å². The fourth-order valence-corrected chi connectivity index (χ4v) is 2.73. The maximum absolute atomic E-state index is 12.4. The Morgan fingerprint density at radius 1 is 1.39 bits per heavy atom. The molecular weight excluding hydrogens is 292 g/mol. The summed E-state index contributed by atoms with van der Waals surface area (Å²) in [6.07, 6.45) is 2.58. The van der Waals surface area contributed by atoms with Gasteiger partial charge < -0.3 is 10.6 Å². The van der Waals surface area contributed by atoms with Crippen molar-refractivity contribution in [1.82, 2.24) is 24.5 Å². The predicted molar refractivity (Wildman–Crippen MR) is 89.0 cm³/mol. The Balaban J connectivity index is 2.07. The number of hydrogen-bond donors (Lipinski definition) is 1. The molecule has 2 N–H and O–H groups in total. The van der Waals surface area contributed by atoms with Crippen LogP contribution in [0.25, 0.3) is 5.78 Å². The first-order valence-electron chi connectivity index (χ1n) is 7.85. The standard InChI is InChI=1S/C16H26N6O/c1-11-13(12(2)22-15(20-11)18-10-19-22)6-7-14(23)21(5)9-16(3,4)8-17/h10H,6-9,17H2,1-5H3. The van der Waals surface area contributed by atoms with E-state index >= 15 is 0 Å². The van der Waals surface area contributed by atoms with E-state index in [-0.39, 0.29) is 11.3 Å². The van der Waals surface area contributed by atoms with Crippen LogP contribution in [0.2, 0.25) is 0 Å². The molecule has 0 spiro atoms. The van der Waals surface area contributed by atoms with Gasteiger partial charge in [0, 0.05) is 31.4 Å². The molecule has 0 saturated carbocycles. The maximum Gasteiger partial charge on any atom is 0.252 e. The number of amides is 1. The number of rotatable bonds is 6. The predicted octanol–water partition coefficient (Wildman–Crippen LogP) is 1.12. The second-order valence-corrected chi connectivity index (χ2v) is 6.85. The first-order chi connectivity index (χ1) is 10.7. The van der Waals surface area contributed by atoms with Gasteiger partial charge in [-0.3, -0.25) is 4.79 Å². The zero-order valence-corrected chi connectivity index (χ0v) is 14.6. The van der Waals surface area contributed by atoms with Crippen LogP contribution >= 0.6 is 0 Å². The summed E-state index contributed by atoms with van der Waals surface area (Å²) < 4.78 is 1.72. The molecule has 2 aromatic rings. The molecular formula is C16H26N6O. The Bertz CT molecular complexity index is 706. The normalized spacial score (nSPS) is 11.9. The number of hydrogen-bond acceptors (Lipinski definition) is 5. The van der Waals surface area contributed by atoms with E-state index in [1.54, 1.807) is 9.42 Å². The van der Waals surface area contributed by atoms with Gasteiger partial charge in [0.15, 0.2) is 0 Å². The third-order valence-corrected chi connectivity index (χ3v) is 4.22. The highest BCUT2D eigenvalue weighted by Crippen LogP contribution is 2.17. The van der Waals surface area contributed by atoms with Crippen LogP contribution in [-0.2, 0) is 11.2 Å². The van der Waals surface area contributed by atoms with E-state index in [1.807, 2.05) is 20.9 Å². The number of aryl methyl sites for hydroxylation is 2. The van der Waals surface area contributed by atoms with Crippen LogP contribution in [0.15, 0.2) is 6.33 Å². The van der Waals surface area contributed by atoms with Crippen molar-refractivity contribution in [3.8, 4) is 0 Å². The molecule has 0 radical (unpaired) electrons. The van der Waals surface area contributed by atoms with E-state index < -0.39 is 0 Å². The van der Waals surface area contributed by atoms with Crippen molar-refractivity contribution in [1.29, 1.82) is 0 Å². The third-order valence-electron chi connectivity index (χ3n) is 4.22. The number of carbonyl (C=O) groups excluding carboxylic acids is 1. The zero-order valence-electron chi connectivity index (χ0n) is 14.6. The molecule has 0 bridgehead atoms. The molecule has 0 aliphatic carbocycles. The average Bonchev–Trinajstić information content (AvgIpc) is 2.94. The van der Waals surface area contributed by atoms with Gasteiger partial charge in [-0.2, -0.15) is 10.1 Å². The first-order valence-corrected chi connectivity index (χ1v) is 7.85. The number of aromatic nitrogens is 4. The highest BCUT2D eigenvalue weighted by atomic mass is 16.2. The van der Waals surface area contributed by atoms with Gasteiger partial charge in [0.05, 0.1) is 0 Å². The summed E-state index contributed by atoms with van der Waals surface area (Å²) >= 11 is 0. The average molecular weight is 318 g/mol. The van der Waals surface area contributed by atoms with E-state index in [4.69, 9.17) is 5.73 Å². The summed E-state index contributed by atoms with van der Waals surface area (Å²) in [6, 6.07) is 0. The lowest BCUT2D eigenvalue weighted by Gasteiger charge is -2.29. The Kier molecular flexibility index (Phi) is 4.99. The molecule has 2 aromatic heterocycles. The lowest BCUT2D eigenvalue weighted by atomic mass is 9.93. The van der Waals surface area contributed by atoms with Crippen LogP contribution in [0.1, 0.15) is 37.2 Å². The fraction of sp³-hybridized carbons (Fsp3) is 0.625. The molecule has 0 fully saturated rings. The molecule has 1 amide bonds. The molecule has 126 valence electrons. The summed E-state index contributed by atoms with van der Waals surface area (Å²) in [5, 5.41) is 4.18. The second kappa shape index (κ2) is 6.62. The largest absolute Gasteiger partial charge is 0.345 e. The van der Waals surface area contributed by atoms with Crippen LogP contribution in [0.3, 0.4) is 0 Å². The number of nitrogens with zero attached hydrogens (tertiary/aromatic N) is 5. The minimum absolute atomic E-state index is 0.0720. The van der Waals surface area contributed by atoms with Gasteiger partial charge in [-0.05, 0) is 37.8 Å². The Labute approximate surface area is 136 Å². The van der Waals surface area contributed by atoms with Crippen molar-refractivity contribution in [2.75, 3.05) is 20.1 Å². The van der Waals surface area contributed by atoms with E-state index in [9.17, 15) is 4.79 Å². The Morgan fingerprint density at radius 3 is 2.74 bits per heavy atom. The van der Waals surface area contributed by atoms with Gasteiger partial charge in [0.1, 0.15) is 6.33 Å². The van der Waals surface area contributed by atoms with Gasteiger partial charge in [-0.1, -0.05) is 13.8 Å². The number of nitrogens with two attached hydrogens (primary N) is 1. The SMILES string of the molecule is Cc1nc2ncnn2c(C)c1CCC(=O)N(C)CC(C)(C)CN. The van der Waals surface area contributed by atoms with E-state index in [0.29, 0.717) is 31.7 Å². The number of carbonyl (C=O) groups is 1. The molecule has 0 atom stereocenters. The Hall–Kier alpha value is -2.02. The van der Waals surface area contributed by atoms with Crippen molar-refractivity contribution in [3.63, 3.8) is 0 Å². The lowest BCUT2D eigenvalue weighted by Crippen LogP contribution is -2.39. The molecule has 0 unspecified atom stereocenters. The summed E-state index contributed by atoms with van der Waals surface area (Å²) in [4.78, 5) is 22.7. The van der Waals surface area contributed by atoms with Crippen molar-refractivity contribution in [2.45, 2.75) is 40.5 Å². The van der Waals surface area contributed by atoms with E-state index in [0.717, 1.165) is 17.0 Å². The van der Waals surface area contributed by atoms with Crippen molar-refractivity contribution in [2.24, 2.45) is 11.1 Å². The number of fused-ring (bicyclic) bond motifs is 1. The van der Waals surface area contributed by atoms with Crippen LogP contribution in [0.5, 0.6) is 0 Å². The van der Waals surface area contributed by atoms with Crippen LogP contribution in [-0.4, -0.2) is 50.5 Å². The fourth-order valence-electron chi connectivity index (χ4n) is 2.73. The van der Waals surface area contributed by atoms with Gasteiger partial charge in [0.2, 0.25) is 5.91 Å². The van der Waals surface area contributed by atoms with Crippen molar-refractivity contribution >= 4 is 11.7 Å². The summed E-state index contributed by atoms with van der Waals surface area (Å²) in [7, 11) is 1.83. The highest BCUT2D eigenvalue weighted by Gasteiger charge is 2.21.